The van der Waals surface area contributed by atoms with Crippen molar-refractivity contribution in [3.05, 3.63) is 69.8 Å². The van der Waals surface area contributed by atoms with Crippen LogP contribution in [0.4, 0.5) is 11.4 Å². The van der Waals surface area contributed by atoms with Gasteiger partial charge in [-0.25, -0.2) is 0 Å². The van der Waals surface area contributed by atoms with Crippen LogP contribution in [0.15, 0.2) is 48.5 Å². The number of ether oxygens (including phenoxy) is 1. The van der Waals surface area contributed by atoms with E-state index in [2.05, 4.69) is 5.32 Å². The fraction of sp³-hybridized carbons (Fsp3) is 0.238. The van der Waals surface area contributed by atoms with Gasteiger partial charge in [0.05, 0.1) is 18.1 Å². The van der Waals surface area contributed by atoms with Crippen molar-refractivity contribution in [1.29, 1.82) is 0 Å². The summed E-state index contributed by atoms with van der Waals surface area (Å²) in [5.74, 6) is -2.45. The number of hydrogen-bond donors (Lipinski definition) is 1. The summed E-state index contributed by atoms with van der Waals surface area (Å²) in [5, 5.41) is 13.2. The second-order valence-electron chi connectivity index (χ2n) is 6.38. The van der Waals surface area contributed by atoms with Crippen LogP contribution in [-0.2, 0) is 14.3 Å². The zero-order chi connectivity index (χ0) is 23.7. The highest BCUT2D eigenvalue weighted by atomic mass is 35.5. The standard InChI is InChI=1S/C21H20ClN3O7/c1-2-32-20(28)12-23-21(29)15-5-7-16(8-6-15)24(19(27)11-22)13-18(26)14-3-9-17(10-4-14)25(30)31/h3-10H,2,11-13H2,1H3,(H,23,29). The van der Waals surface area contributed by atoms with Gasteiger partial charge in [-0.2, -0.15) is 0 Å². The maximum absolute atomic E-state index is 12.6. The van der Waals surface area contributed by atoms with Crippen LogP contribution in [0, 0.1) is 10.1 Å². The molecule has 0 saturated carbocycles. The minimum absolute atomic E-state index is 0.160. The van der Waals surface area contributed by atoms with E-state index >= 15 is 0 Å². The molecule has 0 saturated heterocycles. The predicted molar refractivity (Wildman–Crippen MR) is 116 cm³/mol. The van der Waals surface area contributed by atoms with Gasteiger partial charge in [0.2, 0.25) is 5.91 Å². The fourth-order valence-electron chi connectivity index (χ4n) is 2.66. The van der Waals surface area contributed by atoms with Gasteiger partial charge < -0.3 is 15.0 Å². The number of anilines is 1. The second kappa shape index (κ2) is 11.6. The number of hydrogen-bond acceptors (Lipinski definition) is 7. The number of amides is 2. The Bertz CT molecular complexity index is 1010. The largest absolute Gasteiger partial charge is 0.465 e. The molecule has 0 spiro atoms. The molecule has 0 atom stereocenters. The van der Waals surface area contributed by atoms with Crippen molar-refractivity contribution < 1.29 is 28.8 Å². The maximum Gasteiger partial charge on any atom is 0.325 e. The molecule has 2 aromatic carbocycles. The molecule has 2 rings (SSSR count). The summed E-state index contributed by atoms with van der Waals surface area (Å²) < 4.78 is 4.73. The van der Waals surface area contributed by atoms with Crippen molar-refractivity contribution in [1.82, 2.24) is 5.32 Å². The van der Waals surface area contributed by atoms with Crippen LogP contribution < -0.4 is 10.2 Å². The van der Waals surface area contributed by atoms with Crippen LogP contribution in [0.2, 0.25) is 0 Å². The average Bonchev–Trinajstić information content (AvgIpc) is 2.80. The molecule has 32 heavy (non-hydrogen) atoms. The first kappa shape index (κ1) is 24.5. The number of non-ortho nitro benzene ring substituents is 1. The van der Waals surface area contributed by atoms with Gasteiger partial charge in [0.15, 0.2) is 5.78 Å². The molecule has 11 heteroatoms. The molecule has 0 aliphatic rings. The fourth-order valence-corrected chi connectivity index (χ4v) is 2.80. The lowest BCUT2D eigenvalue weighted by molar-refractivity contribution is -0.384. The van der Waals surface area contributed by atoms with Crippen molar-refractivity contribution in [2.45, 2.75) is 6.92 Å². The molecule has 10 nitrogen and oxygen atoms in total. The van der Waals surface area contributed by atoms with Crippen molar-refractivity contribution in [2.24, 2.45) is 0 Å². The first-order valence-electron chi connectivity index (χ1n) is 9.44. The van der Waals surface area contributed by atoms with Gasteiger partial charge in [0.25, 0.3) is 11.6 Å². The first-order valence-corrected chi connectivity index (χ1v) is 9.98. The highest BCUT2D eigenvalue weighted by Crippen LogP contribution is 2.18. The highest BCUT2D eigenvalue weighted by molar-refractivity contribution is 6.29. The van der Waals surface area contributed by atoms with Gasteiger partial charge in [-0.1, -0.05) is 0 Å². The quantitative estimate of drug-likeness (QED) is 0.188. The summed E-state index contributed by atoms with van der Waals surface area (Å²) >= 11 is 5.67. The number of nitrogens with zero attached hydrogens (tertiary/aromatic N) is 2. The zero-order valence-corrected chi connectivity index (χ0v) is 17.8. The van der Waals surface area contributed by atoms with E-state index in [1.165, 1.54) is 48.5 Å². The molecular formula is C21H20ClN3O7. The number of rotatable bonds is 10. The Labute approximate surface area is 188 Å². The SMILES string of the molecule is CCOC(=O)CNC(=O)c1ccc(N(CC(=O)c2ccc([N+](=O)[O-])cc2)C(=O)CCl)cc1. The number of carbonyl (C=O) groups excluding carboxylic acids is 4. The molecule has 0 unspecified atom stereocenters. The molecule has 1 N–H and O–H groups in total. The summed E-state index contributed by atoms with van der Waals surface area (Å²) in [6.45, 7) is 1.22. The third-order valence-electron chi connectivity index (χ3n) is 4.26. The van der Waals surface area contributed by atoms with Crippen molar-refractivity contribution in [3.63, 3.8) is 0 Å². The molecule has 0 bridgehead atoms. The molecule has 0 radical (unpaired) electrons. The van der Waals surface area contributed by atoms with E-state index in [9.17, 15) is 29.3 Å². The minimum atomic E-state index is -0.581. The van der Waals surface area contributed by atoms with Gasteiger partial charge in [-0.05, 0) is 43.3 Å². The lowest BCUT2D eigenvalue weighted by Crippen LogP contribution is -2.36. The topological polar surface area (TPSA) is 136 Å². The van der Waals surface area contributed by atoms with E-state index in [1.54, 1.807) is 6.92 Å². The molecule has 168 valence electrons. The third-order valence-corrected chi connectivity index (χ3v) is 4.49. The number of esters is 1. The van der Waals surface area contributed by atoms with Crippen LogP contribution in [0.1, 0.15) is 27.6 Å². The van der Waals surface area contributed by atoms with E-state index in [-0.39, 0.29) is 42.4 Å². The molecule has 0 fully saturated rings. The number of benzene rings is 2. The number of halogens is 1. The first-order chi connectivity index (χ1) is 15.3. The molecule has 2 aromatic rings. The number of nitro groups is 1. The molecule has 0 aliphatic heterocycles. The second-order valence-corrected chi connectivity index (χ2v) is 6.64. The minimum Gasteiger partial charge on any atom is -0.465 e. The average molecular weight is 462 g/mol. The van der Waals surface area contributed by atoms with Crippen LogP contribution in [0.25, 0.3) is 0 Å². The summed E-state index contributed by atoms with van der Waals surface area (Å²) in [7, 11) is 0. The Morgan fingerprint density at radius 2 is 1.62 bits per heavy atom. The number of ketones is 1. The van der Waals surface area contributed by atoms with E-state index in [0.29, 0.717) is 5.69 Å². The van der Waals surface area contributed by atoms with Crippen LogP contribution in [0.5, 0.6) is 0 Å². The van der Waals surface area contributed by atoms with Crippen molar-refractivity contribution in [2.75, 3.05) is 30.5 Å². The van der Waals surface area contributed by atoms with E-state index in [0.717, 1.165) is 4.90 Å². The zero-order valence-electron chi connectivity index (χ0n) is 17.1. The predicted octanol–water partition coefficient (Wildman–Crippen LogP) is 2.34. The Balaban J connectivity index is 2.12. The summed E-state index contributed by atoms with van der Waals surface area (Å²) in [6, 6.07) is 10.8. The van der Waals surface area contributed by atoms with Crippen molar-refractivity contribution in [3.8, 4) is 0 Å². The van der Waals surface area contributed by atoms with Crippen LogP contribution in [-0.4, -0.2) is 54.1 Å². The highest BCUT2D eigenvalue weighted by Gasteiger charge is 2.20. The van der Waals surface area contributed by atoms with Crippen LogP contribution >= 0.6 is 11.6 Å². The summed E-state index contributed by atoms with van der Waals surface area (Å²) in [6.07, 6.45) is 0. The summed E-state index contributed by atoms with van der Waals surface area (Å²) in [5.41, 5.74) is 0.593. The Morgan fingerprint density at radius 3 is 2.16 bits per heavy atom. The lowest BCUT2D eigenvalue weighted by Gasteiger charge is -2.21. The van der Waals surface area contributed by atoms with Gasteiger partial charge in [0, 0.05) is 28.9 Å². The number of nitro benzene ring substituents is 1. The molecule has 0 aliphatic carbocycles. The van der Waals surface area contributed by atoms with E-state index in [1.807, 2.05) is 0 Å². The van der Waals surface area contributed by atoms with Crippen molar-refractivity contribution >= 4 is 46.5 Å². The normalized spacial score (nSPS) is 10.2. The number of nitrogens with one attached hydrogen (secondary N) is 1. The number of Topliss-reactive ketones (excluding diaryl/α,β-unsaturated/α-hetero) is 1. The monoisotopic (exact) mass is 461 g/mol. The van der Waals surface area contributed by atoms with Gasteiger partial charge in [-0.3, -0.25) is 29.3 Å². The molecule has 2 amide bonds. The summed E-state index contributed by atoms with van der Waals surface area (Å²) in [4.78, 5) is 59.7. The van der Waals surface area contributed by atoms with Gasteiger partial charge in [-0.15, -0.1) is 11.6 Å². The Morgan fingerprint density at radius 1 is 1.03 bits per heavy atom. The van der Waals surface area contributed by atoms with Gasteiger partial charge >= 0.3 is 5.97 Å². The van der Waals surface area contributed by atoms with Crippen LogP contribution in [0.3, 0.4) is 0 Å². The third kappa shape index (κ3) is 6.61. The Kier molecular flexibility index (Phi) is 8.84. The lowest BCUT2D eigenvalue weighted by atomic mass is 10.1. The molecule has 0 aromatic heterocycles. The van der Waals surface area contributed by atoms with E-state index < -0.39 is 28.5 Å². The van der Waals surface area contributed by atoms with E-state index in [4.69, 9.17) is 16.3 Å². The maximum atomic E-state index is 12.6. The smallest absolute Gasteiger partial charge is 0.325 e. The molecular weight excluding hydrogens is 442 g/mol. The Hall–Kier alpha value is -3.79. The van der Waals surface area contributed by atoms with Gasteiger partial charge in [0.1, 0.15) is 12.4 Å². The number of alkyl halides is 1. The molecule has 0 heterocycles. The number of carbonyl (C=O) groups is 4.